The van der Waals surface area contributed by atoms with E-state index in [1.807, 2.05) is 66.7 Å². The number of para-hydroxylation sites is 1. The number of aromatic nitrogens is 2. The molecule has 0 bridgehead atoms. The van der Waals surface area contributed by atoms with E-state index < -0.39 is 11.4 Å². The fourth-order valence-electron chi connectivity index (χ4n) is 5.70. The van der Waals surface area contributed by atoms with Crippen LogP contribution >= 0.6 is 15.9 Å². The minimum atomic E-state index is -1.04. The largest absolute Gasteiger partial charge is 0.496 e. The number of methoxy groups -OCH3 is 1. The maximum atomic E-state index is 13.9. The standard InChI is InChI=1S/C34H35BrN4O4/c1-43-30-13-6-5-11-26(30)22-36-32(42)34(21-25-8-3-2-4-9-25)16-18-39(19-17-34)33-37-23-28(31(40)41)29(38-33)15-14-24-10-7-12-27(35)20-24/h2-13,20,23H,14-19,21-22H2,1H3,(H,36,42)(H,40,41). The number of piperidine rings is 1. The van der Waals surface area contributed by atoms with Gasteiger partial charge in [-0.1, -0.05) is 76.6 Å². The Hall–Kier alpha value is -4.24. The number of carbonyl (C=O) groups excluding carboxylic acids is 1. The molecule has 0 aliphatic carbocycles. The number of benzene rings is 3. The highest BCUT2D eigenvalue weighted by atomic mass is 79.9. The van der Waals surface area contributed by atoms with Crippen LogP contribution in [0.3, 0.4) is 0 Å². The Morgan fingerprint density at radius 1 is 0.977 bits per heavy atom. The molecule has 1 saturated heterocycles. The number of hydrogen-bond acceptors (Lipinski definition) is 6. The minimum absolute atomic E-state index is 0.0127. The van der Waals surface area contributed by atoms with Gasteiger partial charge in [0.25, 0.3) is 0 Å². The first-order valence-electron chi connectivity index (χ1n) is 14.4. The lowest BCUT2D eigenvalue weighted by molar-refractivity contribution is -0.132. The van der Waals surface area contributed by atoms with Gasteiger partial charge in [-0.15, -0.1) is 0 Å². The molecule has 1 aromatic heterocycles. The molecular formula is C34H35BrN4O4. The number of rotatable bonds is 11. The SMILES string of the molecule is COc1ccccc1CNC(=O)C1(Cc2ccccc2)CCN(c2ncc(C(=O)O)c(CCc3cccc(Br)c3)n2)CC1. The van der Waals surface area contributed by atoms with Gasteiger partial charge in [0, 0.05) is 35.9 Å². The number of amides is 1. The first-order valence-corrected chi connectivity index (χ1v) is 15.2. The molecule has 5 rings (SSSR count). The summed E-state index contributed by atoms with van der Waals surface area (Å²) in [6.45, 7) is 1.53. The summed E-state index contributed by atoms with van der Waals surface area (Å²) in [6, 6.07) is 25.8. The Morgan fingerprint density at radius 2 is 1.70 bits per heavy atom. The van der Waals surface area contributed by atoms with Gasteiger partial charge >= 0.3 is 5.97 Å². The van der Waals surface area contributed by atoms with Crippen LogP contribution in [0.25, 0.3) is 0 Å². The molecule has 0 unspecified atom stereocenters. The zero-order valence-corrected chi connectivity index (χ0v) is 25.7. The van der Waals surface area contributed by atoms with Crippen LogP contribution in [-0.2, 0) is 30.6 Å². The molecule has 222 valence electrons. The lowest BCUT2D eigenvalue weighted by Gasteiger charge is -2.41. The number of ether oxygens (including phenoxy) is 1. The normalized spacial score (nSPS) is 14.2. The van der Waals surface area contributed by atoms with Crippen molar-refractivity contribution >= 4 is 33.8 Å². The van der Waals surface area contributed by atoms with E-state index >= 15 is 0 Å². The van der Waals surface area contributed by atoms with E-state index in [0.29, 0.717) is 63.4 Å². The predicted molar refractivity (Wildman–Crippen MR) is 169 cm³/mol. The molecule has 1 amide bonds. The Morgan fingerprint density at radius 3 is 2.42 bits per heavy atom. The summed E-state index contributed by atoms with van der Waals surface area (Å²) in [6.07, 6.45) is 4.38. The van der Waals surface area contributed by atoms with Crippen molar-refractivity contribution in [1.82, 2.24) is 15.3 Å². The highest BCUT2D eigenvalue weighted by Gasteiger charge is 2.42. The Kier molecular flexibility index (Phi) is 9.72. The number of nitrogens with zero attached hydrogens (tertiary/aromatic N) is 3. The summed E-state index contributed by atoms with van der Waals surface area (Å²) in [5, 5.41) is 13.0. The number of aromatic carboxylic acids is 1. The van der Waals surface area contributed by atoms with Crippen molar-refractivity contribution in [3.63, 3.8) is 0 Å². The topological polar surface area (TPSA) is 105 Å². The molecule has 0 spiro atoms. The summed E-state index contributed by atoms with van der Waals surface area (Å²) in [5.74, 6) is 0.214. The van der Waals surface area contributed by atoms with Crippen LogP contribution in [-0.4, -0.2) is 47.2 Å². The van der Waals surface area contributed by atoms with Crippen LogP contribution in [0.15, 0.2) is 89.5 Å². The first kappa shape index (κ1) is 30.2. The maximum absolute atomic E-state index is 13.9. The molecule has 8 nitrogen and oxygen atoms in total. The van der Waals surface area contributed by atoms with Crippen molar-refractivity contribution in [1.29, 1.82) is 0 Å². The molecule has 43 heavy (non-hydrogen) atoms. The molecule has 4 aromatic rings. The van der Waals surface area contributed by atoms with Crippen LogP contribution < -0.4 is 15.0 Å². The quantitative estimate of drug-likeness (QED) is 0.211. The molecule has 0 saturated carbocycles. The van der Waals surface area contributed by atoms with Crippen molar-refractivity contribution in [3.8, 4) is 5.75 Å². The van der Waals surface area contributed by atoms with E-state index in [0.717, 1.165) is 26.9 Å². The molecule has 2 heterocycles. The number of carboxylic acids is 1. The van der Waals surface area contributed by atoms with Crippen molar-refractivity contribution in [2.24, 2.45) is 5.41 Å². The van der Waals surface area contributed by atoms with E-state index in [-0.39, 0.29) is 11.5 Å². The number of halogens is 1. The van der Waals surface area contributed by atoms with Gasteiger partial charge in [0.1, 0.15) is 5.75 Å². The Labute approximate surface area is 260 Å². The van der Waals surface area contributed by atoms with E-state index in [2.05, 4.69) is 43.3 Å². The van der Waals surface area contributed by atoms with Gasteiger partial charge in [-0.05, 0) is 61.4 Å². The van der Waals surface area contributed by atoms with Gasteiger partial charge in [0.05, 0.1) is 23.8 Å². The average molecular weight is 644 g/mol. The molecule has 0 radical (unpaired) electrons. The Balaban J connectivity index is 1.33. The van der Waals surface area contributed by atoms with Gasteiger partial charge in [-0.25, -0.2) is 14.8 Å². The summed E-state index contributed by atoms with van der Waals surface area (Å²) < 4.78 is 6.45. The van der Waals surface area contributed by atoms with Crippen molar-refractivity contribution in [2.45, 2.75) is 38.6 Å². The number of carbonyl (C=O) groups is 2. The lowest BCUT2D eigenvalue weighted by atomic mass is 9.73. The minimum Gasteiger partial charge on any atom is -0.496 e. The highest BCUT2D eigenvalue weighted by molar-refractivity contribution is 9.10. The van der Waals surface area contributed by atoms with Crippen LogP contribution in [0.1, 0.15) is 45.6 Å². The van der Waals surface area contributed by atoms with Gasteiger partial charge < -0.3 is 20.1 Å². The third-order valence-electron chi connectivity index (χ3n) is 8.13. The molecule has 1 aliphatic rings. The molecule has 9 heteroatoms. The van der Waals surface area contributed by atoms with Crippen LogP contribution in [0.4, 0.5) is 5.95 Å². The van der Waals surface area contributed by atoms with E-state index in [4.69, 9.17) is 9.72 Å². The van der Waals surface area contributed by atoms with Crippen molar-refractivity contribution in [3.05, 3.63) is 117 Å². The number of aryl methyl sites for hydroxylation is 2. The number of carboxylic acid groups (broad SMARTS) is 1. The van der Waals surface area contributed by atoms with Gasteiger partial charge in [0.2, 0.25) is 11.9 Å². The van der Waals surface area contributed by atoms with Crippen LogP contribution in [0, 0.1) is 5.41 Å². The maximum Gasteiger partial charge on any atom is 0.339 e. The second kappa shape index (κ2) is 13.8. The number of anilines is 1. The summed E-state index contributed by atoms with van der Waals surface area (Å²) >= 11 is 3.50. The number of nitrogens with one attached hydrogen (secondary N) is 1. The van der Waals surface area contributed by atoms with E-state index in [9.17, 15) is 14.7 Å². The zero-order valence-electron chi connectivity index (χ0n) is 24.1. The smallest absolute Gasteiger partial charge is 0.339 e. The summed E-state index contributed by atoms with van der Waals surface area (Å²) in [7, 11) is 1.63. The van der Waals surface area contributed by atoms with Crippen LogP contribution in [0.2, 0.25) is 0 Å². The third kappa shape index (κ3) is 7.40. The zero-order chi connectivity index (χ0) is 30.2. The first-order chi connectivity index (χ1) is 20.9. The summed E-state index contributed by atoms with van der Waals surface area (Å²) in [4.78, 5) is 37.1. The van der Waals surface area contributed by atoms with E-state index in [1.54, 1.807) is 7.11 Å². The second-order valence-electron chi connectivity index (χ2n) is 10.9. The van der Waals surface area contributed by atoms with Crippen LogP contribution in [0.5, 0.6) is 5.75 Å². The van der Waals surface area contributed by atoms with Gasteiger partial charge in [-0.3, -0.25) is 4.79 Å². The molecule has 2 N–H and O–H groups in total. The van der Waals surface area contributed by atoms with E-state index in [1.165, 1.54) is 6.20 Å². The average Bonchev–Trinajstić information content (AvgIpc) is 3.03. The lowest BCUT2D eigenvalue weighted by Crippen LogP contribution is -2.50. The fourth-order valence-corrected chi connectivity index (χ4v) is 6.15. The highest BCUT2D eigenvalue weighted by Crippen LogP contribution is 2.37. The third-order valence-corrected chi connectivity index (χ3v) is 8.62. The van der Waals surface area contributed by atoms with Gasteiger partial charge in [-0.2, -0.15) is 0 Å². The molecular weight excluding hydrogens is 608 g/mol. The molecule has 0 atom stereocenters. The van der Waals surface area contributed by atoms with Gasteiger partial charge in [0.15, 0.2) is 0 Å². The predicted octanol–water partition coefficient (Wildman–Crippen LogP) is 5.88. The fraction of sp³-hybridized carbons (Fsp3) is 0.294. The Bertz CT molecular complexity index is 1570. The monoisotopic (exact) mass is 642 g/mol. The van der Waals surface area contributed by atoms with Crippen molar-refractivity contribution in [2.75, 3.05) is 25.1 Å². The second-order valence-corrected chi connectivity index (χ2v) is 11.8. The molecule has 1 aliphatic heterocycles. The number of hydrogen-bond donors (Lipinski definition) is 2. The van der Waals surface area contributed by atoms with Crippen molar-refractivity contribution < 1.29 is 19.4 Å². The summed E-state index contributed by atoms with van der Waals surface area (Å²) in [5.41, 5.74) is 3.14. The molecule has 1 fully saturated rings. The molecule has 3 aromatic carbocycles.